The van der Waals surface area contributed by atoms with E-state index in [-0.39, 0.29) is 0 Å². The van der Waals surface area contributed by atoms with Crippen molar-refractivity contribution in [2.24, 2.45) is 5.73 Å². The molecular formula is C12H10N2S. The number of hydrogen-bond acceptors (Lipinski definition) is 3. The highest BCUT2D eigenvalue weighted by molar-refractivity contribution is 7.13. The van der Waals surface area contributed by atoms with Crippen LogP contribution in [0.25, 0.3) is 10.6 Å². The van der Waals surface area contributed by atoms with E-state index in [9.17, 15) is 0 Å². The summed E-state index contributed by atoms with van der Waals surface area (Å²) in [4.78, 5) is 4.31. The molecule has 0 fully saturated rings. The first kappa shape index (κ1) is 9.91. The minimum atomic E-state index is 0.563. The summed E-state index contributed by atoms with van der Waals surface area (Å²) >= 11 is 1.56. The molecule has 2 nitrogen and oxygen atoms in total. The van der Waals surface area contributed by atoms with Gasteiger partial charge in [-0.25, -0.2) is 4.98 Å². The van der Waals surface area contributed by atoms with Gasteiger partial charge in [-0.15, -0.1) is 17.8 Å². The third-order valence-corrected chi connectivity index (χ3v) is 2.98. The molecule has 0 bridgehead atoms. The van der Waals surface area contributed by atoms with E-state index < -0.39 is 0 Å². The summed E-state index contributed by atoms with van der Waals surface area (Å²) in [5, 5.41) is 2.83. The predicted octanol–water partition coefficient (Wildman–Crippen LogP) is 2.25. The van der Waals surface area contributed by atoms with Crippen molar-refractivity contribution in [3.8, 4) is 22.9 Å². The second-order valence-electron chi connectivity index (χ2n) is 3.08. The Morgan fingerprint density at radius 2 is 2.07 bits per heavy atom. The van der Waals surface area contributed by atoms with Crippen LogP contribution in [0, 0.1) is 12.3 Å². The molecule has 0 saturated carbocycles. The van der Waals surface area contributed by atoms with Crippen LogP contribution in [0.15, 0.2) is 29.6 Å². The van der Waals surface area contributed by atoms with Crippen molar-refractivity contribution in [1.82, 2.24) is 4.98 Å². The normalized spacial score (nSPS) is 9.87. The van der Waals surface area contributed by atoms with Gasteiger partial charge in [0, 0.05) is 17.5 Å². The van der Waals surface area contributed by atoms with Crippen LogP contribution in [0.2, 0.25) is 0 Å². The molecule has 3 heteroatoms. The lowest BCUT2D eigenvalue weighted by atomic mass is 10.1. The van der Waals surface area contributed by atoms with Crippen LogP contribution in [0.1, 0.15) is 11.3 Å². The molecule has 0 amide bonds. The molecule has 0 aliphatic heterocycles. The van der Waals surface area contributed by atoms with Gasteiger partial charge in [-0.1, -0.05) is 24.3 Å². The first-order chi connectivity index (χ1) is 7.33. The van der Waals surface area contributed by atoms with E-state index >= 15 is 0 Å². The Hall–Kier alpha value is -1.63. The average Bonchev–Trinajstić information content (AvgIpc) is 2.78. The third kappa shape index (κ3) is 2.07. The number of rotatable bonds is 2. The Bertz CT molecular complexity index is 491. The van der Waals surface area contributed by atoms with Crippen molar-refractivity contribution in [2.75, 3.05) is 0 Å². The molecule has 0 atom stereocenters. The van der Waals surface area contributed by atoms with Gasteiger partial charge in [0.15, 0.2) is 0 Å². The number of hydrogen-bond donors (Lipinski definition) is 1. The molecule has 0 saturated heterocycles. The van der Waals surface area contributed by atoms with Gasteiger partial charge in [-0.05, 0) is 11.5 Å². The highest BCUT2D eigenvalue weighted by Gasteiger charge is 2.02. The van der Waals surface area contributed by atoms with Crippen molar-refractivity contribution >= 4 is 11.3 Å². The van der Waals surface area contributed by atoms with E-state index in [0.29, 0.717) is 12.2 Å². The minimum absolute atomic E-state index is 0.563. The number of nitrogens with two attached hydrogens (primary N) is 1. The van der Waals surface area contributed by atoms with Gasteiger partial charge in [0.05, 0.1) is 0 Å². The fraction of sp³-hybridized carbons (Fsp3) is 0.0833. The maximum atomic E-state index is 5.52. The summed E-state index contributed by atoms with van der Waals surface area (Å²) in [6.45, 7) is 0.563. The lowest BCUT2D eigenvalue weighted by Gasteiger charge is -1.98. The van der Waals surface area contributed by atoms with Gasteiger partial charge < -0.3 is 5.73 Å². The Labute approximate surface area is 92.8 Å². The van der Waals surface area contributed by atoms with E-state index in [0.717, 1.165) is 16.1 Å². The van der Waals surface area contributed by atoms with E-state index in [2.05, 4.69) is 10.9 Å². The lowest BCUT2D eigenvalue weighted by molar-refractivity contribution is 1.07. The zero-order valence-electron chi connectivity index (χ0n) is 8.10. The molecule has 2 N–H and O–H groups in total. The van der Waals surface area contributed by atoms with Crippen molar-refractivity contribution in [3.05, 3.63) is 40.9 Å². The van der Waals surface area contributed by atoms with Crippen molar-refractivity contribution in [3.63, 3.8) is 0 Å². The van der Waals surface area contributed by atoms with Gasteiger partial charge in [0.25, 0.3) is 0 Å². The zero-order valence-corrected chi connectivity index (χ0v) is 8.92. The highest BCUT2D eigenvalue weighted by Crippen LogP contribution is 2.23. The number of aromatic nitrogens is 1. The average molecular weight is 214 g/mol. The molecule has 0 spiro atoms. The number of benzene rings is 1. The number of thiazole rings is 1. The quantitative estimate of drug-likeness (QED) is 0.779. The second kappa shape index (κ2) is 4.26. The molecule has 0 radical (unpaired) electrons. The molecule has 1 aromatic carbocycles. The maximum absolute atomic E-state index is 5.52. The van der Waals surface area contributed by atoms with Crippen molar-refractivity contribution in [1.29, 1.82) is 0 Å². The lowest BCUT2D eigenvalue weighted by Crippen LogP contribution is -1.95. The largest absolute Gasteiger partial charge is 0.326 e. The summed E-state index contributed by atoms with van der Waals surface area (Å²) in [5.41, 5.74) is 8.42. The Morgan fingerprint density at radius 1 is 1.33 bits per heavy atom. The van der Waals surface area contributed by atoms with Gasteiger partial charge in [0.1, 0.15) is 10.7 Å². The van der Waals surface area contributed by atoms with Crippen LogP contribution in [-0.4, -0.2) is 4.98 Å². The molecule has 1 aromatic heterocycles. The fourth-order valence-electron chi connectivity index (χ4n) is 1.26. The monoisotopic (exact) mass is 214 g/mol. The topological polar surface area (TPSA) is 38.9 Å². The zero-order chi connectivity index (χ0) is 10.7. The van der Waals surface area contributed by atoms with Gasteiger partial charge in [-0.3, -0.25) is 0 Å². The predicted molar refractivity (Wildman–Crippen MR) is 63.4 cm³/mol. The first-order valence-electron chi connectivity index (χ1n) is 4.55. The number of nitrogens with zero attached hydrogens (tertiary/aromatic N) is 1. The van der Waals surface area contributed by atoms with E-state index in [1.54, 1.807) is 11.3 Å². The standard InChI is InChI=1S/C12H10N2S/c1-2-11-8-15-12(14-11)10-5-3-9(7-13)4-6-10/h1,3-6,8H,7,13H2. The van der Waals surface area contributed by atoms with Gasteiger partial charge in [-0.2, -0.15) is 0 Å². The smallest absolute Gasteiger partial charge is 0.124 e. The van der Waals surface area contributed by atoms with Crippen molar-refractivity contribution < 1.29 is 0 Å². The maximum Gasteiger partial charge on any atom is 0.124 e. The Morgan fingerprint density at radius 3 is 2.60 bits per heavy atom. The summed E-state index contributed by atoms with van der Waals surface area (Å²) in [6.07, 6.45) is 5.26. The molecule has 0 unspecified atom stereocenters. The Balaban J connectivity index is 2.33. The second-order valence-corrected chi connectivity index (χ2v) is 3.94. The van der Waals surface area contributed by atoms with Crippen molar-refractivity contribution in [2.45, 2.75) is 6.54 Å². The molecule has 2 aromatic rings. The number of terminal acetylenes is 1. The molecule has 2 rings (SSSR count). The first-order valence-corrected chi connectivity index (χ1v) is 5.43. The van der Waals surface area contributed by atoms with Crippen LogP contribution in [-0.2, 0) is 6.54 Å². The van der Waals surface area contributed by atoms with Crippen LogP contribution in [0.5, 0.6) is 0 Å². The van der Waals surface area contributed by atoms with E-state index in [1.165, 1.54) is 0 Å². The summed E-state index contributed by atoms with van der Waals surface area (Å²) < 4.78 is 0. The molecule has 15 heavy (non-hydrogen) atoms. The summed E-state index contributed by atoms with van der Waals surface area (Å²) in [7, 11) is 0. The highest BCUT2D eigenvalue weighted by atomic mass is 32.1. The van der Waals surface area contributed by atoms with E-state index in [1.807, 2.05) is 29.6 Å². The van der Waals surface area contributed by atoms with Crippen LogP contribution in [0.4, 0.5) is 0 Å². The minimum Gasteiger partial charge on any atom is -0.326 e. The van der Waals surface area contributed by atoms with Crippen LogP contribution >= 0.6 is 11.3 Å². The van der Waals surface area contributed by atoms with Crippen LogP contribution < -0.4 is 5.73 Å². The summed E-state index contributed by atoms with van der Waals surface area (Å²) in [6, 6.07) is 8.04. The Kier molecular flexibility index (Phi) is 2.82. The molecule has 1 heterocycles. The van der Waals surface area contributed by atoms with Gasteiger partial charge >= 0.3 is 0 Å². The van der Waals surface area contributed by atoms with Crippen LogP contribution in [0.3, 0.4) is 0 Å². The fourth-order valence-corrected chi connectivity index (χ4v) is 2.02. The van der Waals surface area contributed by atoms with E-state index in [4.69, 9.17) is 12.2 Å². The molecule has 0 aliphatic carbocycles. The summed E-state index contributed by atoms with van der Waals surface area (Å²) in [5.74, 6) is 2.52. The molecule has 0 aliphatic rings. The SMILES string of the molecule is C#Cc1csc(-c2ccc(CN)cc2)n1. The van der Waals surface area contributed by atoms with Gasteiger partial charge in [0.2, 0.25) is 0 Å². The molecule has 74 valence electrons. The molecular weight excluding hydrogens is 204 g/mol. The third-order valence-electron chi connectivity index (χ3n) is 2.09.